The zero-order valence-corrected chi connectivity index (χ0v) is 22.8. The molecule has 1 saturated carbocycles. The quantitative estimate of drug-likeness (QED) is 0.429. The molecule has 1 heterocycles. The molecular weight excluding hydrogens is 468 g/mol. The minimum Gasteiger partial charge on any atom is -0.343 e. The third-order valence-electron chi connectivity index (χ3n) is 7.19. The number of anilines is 1. The second kappa shape index (κ2) is 13.4. The van der Waals surface area contributed by atoms with Crippen LogP contribution < -0.4 is 16.0 Å². The van der Waals surface area contributed by atoms with E-state index in [1.165, 1.54) is 0 Å². The van der Waals surface area contributed by atoms with Gasteiger partial charge in [0.15, 0.2) is 0 Å². The Morgan fingerprint density at radius 2 is 1.76 bits per heavy atom. The predicted molar refractivity (Wildman–Crippen MR) is 145 cm³/mol. The van der Waals surface area contributed by atoms with Gasteiger partial charge in [-0.3, -0.25) is 14.4 Å². The van der Waals surface area contributed by atoms with Crippen molar-refractivity contribution in [2.75, 3.05) is 18.9 Å². The molecule has 3 N–H and O–H groups in total. The Hall–Kier alpha value is -3.20. The molecule has 0 unspecified atom stereocenters. The van der Waals surface area contributed by atoms with Crippen LogP contribution in [-0.2, 0) is 14.4 Å². The fourth-order valence-corrected chi connectivity index (χ4v) is 4.90. The summed E-state index contributed by atoms with van der Waals surface area (Å²) in [5, 5.41) is 13.5. The maximum Gasteiger partial charge on any atom is 0.248 e. The number of benzene rings is 1. The number of likely N-dealkylation sites (N-methyl/N-ethyl adjacent to an activating group) is 1. The number of carbonyl (C=O) groups is 3. The second-order valence-electron chi connectivity index (χ2n) is 10.0. The standard InChI is InChI=1S/C28H42N6O3/c1-6-17-33(28(37)25(22-13-9-7-10-14-22)31-26(35)20(3)29-5)21(4)27(36)30-24-18-19(2)32-34(24)23-15-11-8-12-16-23/h8,11-12,15-16,18,20-22,25,29H,6-7,9-10,13-14,17H2,1-5H3,(H,30,36)(H,31,35)/t20-,21-,25-/m0/s1. The van der Waals surface area contributed by atoms with Crippen LogP contribution in [0.3, 0.4) is 0 Å². The van der Waals surface area contributed by atoms with Gasteiger partial charge in [0.1, 0.15) is 17.9 Å². The van der Waals surface area contributed by atoms with Crippen molar-refractivity contribution in [1.82, 2.24) is 25.3 Å². The number of nitrogens with zero attached hydrogens (tertiary/aromatic N) is 3. The molecular formula is C28H42N6O3. The van der Waals surface area contributed by atoms with Gasteiger partial charge >= 0.3 is 0 Å². The van der Waals surface area contributed by atoms with Crippen molar-refractivity contribution in [1.29, 1.82) is 0 Å². The van der Waals surface area contributed by atoms with Crippen molar-refractivity contribution in [3.63, 3.8) is 0 Å². The van der Waals surface area contributed by atoms with Crippen LogP contribution >= 0.6 is 0 Å². The Morgan fingerprint density at radius 3 is 2.38 bits per heavy atom. The van der Waals surface area contributed by atoms with E-state index in [2.05, 4.69) is 21.0 Å². The molecule has 3 amide bonds. The van der Waals surface area contributed by atoms with Crippen molar-refractivity contribution in [2.45, 2.75) is 84.3 Å². The molecule has 2 aromatic rings. The van der Waals surface area contributed by atoms with Gasteiger partial charge in [-0.25, -0.2) is 4.68 Å². The van der Waals surface area contributed by atoms with Gasteiger partial charge in [0.25, 0.3) is 0 Å². The maximum atomic E-state index is 14.0. The van der Waals surface area contributed by atoms with Gasteiger partial charge in [-0.05, 0) is 65.1 Å². The van der Waals surface area contributed by atoms with Crippen LogP contribution in [-0.4, -0.2) is 64.1 Å². The zero-order valence-electron chi connectivity index (χ0n) is 22.8. The van der Waals surface area contributed by atoms with Crippen LogP contribution in [0.1, 0.15) is 65.0 Å². The fourth-order valence-electron chi connectivity index (χ4n) is 4.90. The van der Waals surface area contributed by atoms with Crippen molar-refractivity contribution in [3.05, 3.63) is 42.1 Å². The van der Waals surface area contributed by atoms with E-state index in [4.69, 9.17) is 0 Å². The first-order valence-corrected chi connectivity index (χ1v) is 13.5. The van der Waals surface area contributed by atoms with E-state index >= 15 is 0 Å². The number of para-hydroxylation sites is 1. The summed E-state index contributed by atoms with van der Waals surface area (Å²) in [6.07, 6.45) is 5.70. The molecule has 3 atom stereocenters. The Balaban J connectivity index is 1.82. The highest BCUT2D eigenvalue weighted by Gasteiger charge is 2.37. The molecule has 9 heteroatoms. The highest BCUT2D eigenvalue weighted by molar-refractivity contribution is 5.98. The fraction of sp³-hybridized carbons (Fsp3) is 0.571. The third-order valence-corrected chi connectivity index (χ3v) is 7.19. The first kappa shape index (κ1) is 28.4. The van der Waals surface area contributed by atoms with E-state index in [-0.39, 0.29) is 23.6 Å². The van der Waals surface area contributed by atoms with Crippen molar-refractivity contribution in [3.8, 4) is 5.69 Å². The van der Waals surface area contributed by atoms with Gasteiger partial charge in [0.05, 0.1) is 17.4 Å². The van der Waals surface area contributed by atoms with Crippen LogP contribution in [0.5, 0.6) is 0 Å². The monoisotopic (exact) mass is 510 g/mol. The van der Waals surface area contributed by atoms with Crippen molar-refractivity contribution in [2.24, 2.45) is 5.92 Å². The Kier molecular flexibility index (Phi) is 10.3. The number of rotatable bonds is 11. The lowest BCUT2D eigenvalue weighted by Crippen LogP contribution is -2.58. The molecule has 9 nitrogen and oxygen atoms in total. The van der Waals surface area contributed by atoms with Gasteiger partial charge in [0, 0.05) is 12.6 Å². The Bertz CT molecular complexity index is 1050. The summed E-state index contributed by atoms with van der Waals surface area (Å²) >= 11 is 0. The molecule has 1 aliphatic carbocycles. The average Bonchev–Trinajstić information content (AvgIpc) is 3.29. The summed E-state index contributed by atoms with van der Waals surface area (Å²) in [6.45, 7) is 7.79. The molecule has 0 spiro atoms. The van der Waals surface area contributed by atoms with Gasteiger partial charge < -0.3 is 20.9 Å². The lowest BCUT2D eigenvalue weighted by Gasteiger charge is -2.36. The van der Waals surface area contributed by atoms with E-state index in [0.717, 1.165) is 43.5 Å². The Labute approximate surface area is 220 Å². The maximum absolute atomic E-state index is 14.0. The van der Waals surface area contributed by atoms with Gasteiger partial charge in [-0.2, -0.15) is 5.10 Å². The van der Waals surface area contributed by atoms with Gasteiger partial charge in [-0.1, -0.05) is 44.4 Å². The molecule has 0 aliphatic heterocycles. The third kappa shape index (κ3) is 7.19. The topological polar surface area (TPSA) is 108 Å². The average molecular weight is 511 g/mol. The second-order valence-corrected chi connectivity index (χ2v) is 10.0. The summed E-state index contributed by atoms with van der Waals surface area (Å²) in [4.78, 5) is 41.8. The molecule has 3 rings (SSSR count). The van der Waals surface area contributed by atoms with Crippen LogP contribution in [0, 0.1) is 12.8 Å². The summed E-state index contributed by atoms with van der Waals surface area (Å²) in [6, 6.07) is 9.61. The van der Waals surface area contributed by atoms with Gasteiger partial charge in [0.2, 0.25) is 17.7 Å². The number of aromatic nitrogens is 2. The van der Waals surface area contributed by atoms with E-state index in [1.807, 2.05) is 50.2 Å². The van der Waals surface area contributed by atoms with Crippen LogP contribution in [0.4, 0.5) is 5.82 Å². The molecule has 1 fully saturated rings. The minimum atomic E-state index is -0.725. The largest absolute Gasteiger partial charge is 0.343 e. The smallest absolute Gasteiger partial charge is 0.248 e. The number of carbonyl (C=O) groups excluding carboxylic acids is 3. The zero-order chi connectivity index (χ0) is 26.9. The molecule has 1 aromatic carbocycles. The first-order valence-electron chi connectivity index (χ1n) is 13.5. The van der Waals surface area contributed by atoms with E-state index in [0.29, 0.717) is 18.8 Å². The predicted octanol–water partition coefficient (Wildman–Crippen LogP) is 3.42. The van der Waals surface area contributed by atoms with Crippen molar-refractivity contribution >= 4 is 23.5 Å². The van der Waals surface area contributed by atoms with Crippen LogP contribution in [0.2, 0.25) is 0 Å². The Morgan fingerprint density at radius 1 is 1.08 bits per heavy atom. The lowest BCUT2D eigenvalue weighted by molar-refractivity contribution is -0.143. The highest BCUT2D eigenvalue weighted by Crippen LogP contribution is 2.28. The summed E-state index contributed by atoms with van der Waals surface area (Å²) < 4.78 is 1.69. The van der Waals surface area contributed by atoms with E-state index < -0.39 is 18.1 Å². The molecule has 1 aliphatic rings. The summed E-state index contributed by atoms with van der Waals surface area (Å²) in [7, 11) is 1.72. The van der Waals surface area contributed by atoms with Gasteiger partial charge in [-0.15, -0.1) is 0 Å². The number of aryl methyl sites for hydroxylation is 1. The number of nitrogens with one attached hydrogen (secondary N) is 3. The van der Waals surface area contributed by atoms with Crippen molar-refractivity contribution < 1.29 is 14.4 Å². The summed E-state index contributed by atoms with van der Waals surface area (Å²) in [5.41, 5.74) is 1.60. The first-order chi connectivity index (χ1) is 17.8. The lowest BCUT2D eigenvalue weighted by atomic mass is 9.83. The number of amides is 3. The molecule has 0 bridgehead atoms. The summed E-state index contributed by atoms with van der Waals surface area (Å²) in [5.74, 6) is -0.0883. The van der Waals surface area contributed by atoms with Crippen LogP contribution in [0.25, 0.3) is 5.69 Å². The number of hydrogen-bond donors (Lipinski definition) is 3. The molecule has 202 valence electrons. The van der Waals surface area contributed by atoms with E-state index in [9.17, 15) is 14.4 Å². The van der Waals surface area contributed by atoms with E-state index in [1.54, 1.807) is 30.5 Å². The SMILES string of the molecule is CCCN(C(=O)[C@@H](NC(=O)[C@H](C)NC)C1CCCCC1)[C@@H](C)C(=O)Nc1cc(C)nn1-c1ccccc1. The number of hydrogen-bond acceptors (Lipinski definition) is 5. The van der Waals surface area contributed by atoms with Crippen LogP contribution in [0.15, 0.2) is 36.4 Å². The molecule has 0 radical (unpaired) electrons. The molecule has 1 aromatic heterocycles. The normalized spacial score (nSPS) is 16.5. The molecule has 37 heavy (non-hydrogen) atoms. The minimum absolute atomic E-state index is 0.0611. The highest BCUT2D eigenvalue weighted by atomic mass is 16.2. The molecule has 0 saturated heterocycles.